The highest BCUT2D eigenvalue weighted by atomic mass is 35.5. The largest absolute Gasteiger partial charge is 0.453 e. The zero-order valence-electron chi connectivity index (χ0n) is 13.2. The van der Waals surface area contributed by atoms with Crippen LogP contribution >= 0.6 is 11.8 Å². The first-order valence-corrected chi connectivity index (χ1v) is 8.00. The molecule has 142 valence electrons. The van der Waals surface area contributed by atoms with Crippen LogP contribution in [-0.4, -0.2) is 21.1 Å². The number of pyridine rings is 1. The Hall–Kier alpha value is -2.49. The number of aromatic nitrogens is 3. The maximum atomic E-state index is 13.5. The van der Waals surface area contributed by atoms with Crippen LogP contribution in [0.5, 0.6) is 0 Å². The Morgan fingerprint density at radius 2 is 1.70 bits per heavy atom. The Morgan fingerprint density at radius 3 is 2.37 bits per heavy atom. The third-order valence-electron chi connectivity index (χ3n) is 4.25. The van der Waals surface area contributed by atoms with Crippen LogP contribution in [0.25, 0.3) is 16.9 Å². The molecule has 4 nitrogen and oxygen atoms in total. The normalized spacial score (nSPS) is 14.9. The van der Waals surface area contributed by atoms with E-state index in [4.69, 9.17) is 11.8 Å². The molecular weight excluding hydrogens is 398 g/mol. The minimum atomic E-state index is -4.88. The topological polar surface area (TPSA) is 33.4 Å². The van der Waals surface area contributed by atoms with Crippen molar-refractivity contribution in [2.24, 2.45) is 0 Å². The second-order valence-electron chi connectivity index (χ2n) is 5.98. The van der Waals surface area contributed by atoms with Gasteiger partial charge in [-0.15, -0.1) is 5.10 Å². The molecule has 0 unspecified atom stereocenters. The van der Waals surface area contributed by atoms with Gasteiger partial charge in [-0.05, 0) is 36.2 Å². The Labute approximate surface area is 153 Å². The second kappa shape index (κ2) is 5.75. The summed E-state index contributed by atoms with van der Waals surface area (Å²) >= 11 is 5.99. The summed E-state index contributed by atoms with van der Waals surface area (Å²) in [6, 6.07) is 5.96. The average molecular weight is 407 g/mol. The van der Waals surface area contributed by atoms with Crippen molar-refractivity contribution in [2.45, 2.75) is 18.8 Å². The highest BCUT2D eigenvalue weighted by Gasteiger charge is 2.39. The van der Waals surface area contributed by atoms with Crippen molar-refractivity contribution >= 4 is 23.1 Å². The molecule has 3 heterocycles. The number of hydrogen-bond donors (Lipinski definition) is 0. The third kappa shape index (κ3) is 2.97. The van der Waals surface area contributed by atoms with E-state index in [9.17, 15) is 26.3 Å². The van der Waals surface area contributed by atoms with Gasteiger partial charge in [0.1, 0.15) is 0 Å². The van der Waals surface area contributed by atoms with E-state index in [1.807, 2.05) is 0 Å². The summed E-state index contributed by atoms with van der Waals surface area (Å²) in [5.74, 6) is -1.50. The number of benzene rings is 1. The van der Waals surface area contributed by atoms with Crippen LogP contribution in [0.4, 0.5) is 32.0 Å². The molecule has 0 spiro atoms. The van der Waals surface area contributed by atoms with Gasteiger partial charge in [0.2, 0.25) is 0 Å². The molecule has 0 saturated heterocycles. The van der Waals surface area contributed by atoms with E-state index in [0.717, 1.165) is 6.07 Å². The van der Waals surface area contributed by atoms with Crippen molar-refractivity contribution in [3.05, 3.63) is 47.3 Å². The third-order valence-corrected chi connectivity index (χ3v) is 4.60. The van der Waals surface area contributed by atoms with Crippen molar-refractivity contribution in [2.75, 3.05) is 11.0 Å². The van der Waals surface area contributed by atoms with Gasteiger partial charge in [0.15, 0.2) is 5.65 Å². The molecular formula is C16H9ClF6N4. The van der Waals surface area contributed by atoms with E-state index in [1.165, 1.54) is 22.6 Å². The lowest BCUT2D eigenvalue weighted by Crippen LogP contribution is -2.12. The first kappa shape index (κ1) is 17.9. The fraction of sp³-hybridized carbons (Fsp3) is 0.250. The Kier molecular flexibility index (Phi) is 3.81. The van der Waals surface area contributed by atoms with Crippen LogP contribution < -0.4 is 4.42 Å². The van der Waals surface area contributed by atoms with Gasteiger partial charge in [-0.3, -0.25) is 4.42 Å². The van der Waals surface area contributed by atoms with Gasteiger partial charge in [-0.1, -0.05) is 6.07 Å². The molecule has 2 aromatic heterocycles. The molecule has 0 radical (unpaired) electrons. The maximum absolute atomic E-state index is 13.5. The molecule has 0 fully saturated rings. The number of halogens is 7. The van der Waals surface area contributed by atoms with Crippen LogP contribution in [0.3, 0.4) is 0 Å². The van der Waals surface area contributed by atoms with Crippen LogP contribution in [-0.2, 0) is 18.8 Å². The summed E-state index contributed by atoms with van der Waals surface area (Å²) in [5, 5.41) is 3.29. The summed E-state index contributed by atoms with van der Waals surface area (Å²) in [6.45, 7) is 0.484. The van der Waals surface area contributed by atoms with E-state index >= 15 is 0 Å². The zero-order chi connectivity index (χ0) is 19.6. The molecule has 0 amide bonds. The maximum Gasteiger partial charge on any atom is 0.453 e. The van der Waals surface area contributed by atoms with Crippen molar-refractivity contribution < 1.29 is 26.3 Å². The lowest BCUT2D eigenvalue weighted by molar-refractivity contribution is -0.144. The Morgan fingerprint density at radius 1 is 0.963 bits per heavy atom. The molecule has 0 bridgehead atoms. The number of anilines is 1. The highest BCUT2D eigenvalue weighted by molar-refractivity contribution is 6.26. The van der Waals surface area contributed by atoms with Crippen molar-refractivity contribution in [1.29, 1.82) is 0 Å². The molecule has 11 heteroatoms. The lowest BCUT2D eigenvalue weighted by Gasteiger charge is -2.15. The fourth-order valence-electron chi connectivity index (χ4n) is 3.08. The quantitative estimate of drug-likeness (QED) is 0.423. The van der Waals surface area contributed by atoms with Gasteiger partial charge in [-0.25, -0.2) is 9.50 Å². The molecule has 3 aromatic rings. The SMILES string of the molecule is FC(F)(F)c1nc2ccc(C(F)(F)F)c(-c3ccc4c(c3)CCN4Cl)n2n1. The van der Waals surface area contributed by atoms with Crippen LogP contribution in [0.2, 0.25) is 0 Å². The van der Waals surface area contributed by atoms with Gasteiger partial charge < -0.3 is 0 Å². The number of nitrogens with zero attached hydrogens (tertiary/aromatic N) is 4. The first-order valence-electron chi connectivity index (χ1n) is 7.66. The average Bonchev–Trinajstić information content (AvgIpc) is 3.16. The summed E-state index contributed by atoms with van der Waals surface area (Å²) in [4.78, 5) is 3.31. The number of alkyl halides is 6. The van der Waals surface area contributed by atoms with Crippen LogP contribution in [0, 0.1) is 0 Å². The molecule has 0 atom stereocenters. The number of rotatable bonds is 1. The molecule has 27 heavy (non-hydrogen) atoms. The minimum Gasteiger partial charge on any atom is -0.285 e. The second-order valence-corrected chi connectivity index (χ2v) is 6.38. The molecule has 1 aromatic carbocycles. The van der Waals surface area contributed by atoms with Crippen molar-refractivity contribution in [1.82, 2.24) is 14.6 Å². The van der Waals surface area contributed by atoms with E-state index in [-0.39, 0.29) is 11.2 Å². The van der Waals surface area contributed by atoms with Crippen molar-refractivity contribution in [3.63, 3.8) is 0 Å². The van der Waals surface area contributed by atoms with Crippen molar-refractivity contribution in [3.8, 4) is 11.3 Å². The minimum absolute atomic E-state index is 0.0808. The molecule has 0 aliphatic carbocycles. The van der Waals surface area contributed by atoms with E-state index in [0.29, 0.717) is 34.8 Å². The predicted molar refractivity (Wildman–Crippen MR) is 85.3 cm³/mol. The Bertz CT molecular complexity index is 1040. The van der Waals surface area contributed by atoms with Gasteiger partial charge in [0, 0.05) is 23.9 Å². The lowest BCUT2D eigenvalue weighted by atomic mass is 10.0. The summed E-state index contributed by atoms with van der Waals surface area (Å²) in [7, 11) is 0. The van der Waals surface area contributed by atoms with E-state index < -0.39 is 29.4 Å². The highest BCUT2D eigenvalue weighted by Crippen LogP contribution is 2.40. The van der Waals surface area contributed by atoms with Gasteiger partial charge in [-0.2, -0.15) is 26.3 Å². The molecule has 1 aliphatic heterocycles. The predicted octanol–water partition coefficient (Wildman–Crippen LogP) is 4.95. The van der Waals surface area contributed by atoms with Gasteiger partial charge >= 0.3 is 12.4 Å². The van der Waals surface area contributed by atoms with Gasteiger partial charge in [0.25, 0.3) is 5.82 Å². The number of fused-ring (bicyclic) bond motifs is 2. The standard InChI is InChI=1S/C16H9ClF6N4/c17-26-6-5-8-7-9(1-3-11(8)26)13-10(15(18,19)20)2-4-12-24-14(16(21,22)23)25-27(12)13/h1-4,7H,5-6H2. The van der Waals surface area contributed by atoms with E-state index in [1.54, 1.807) is 0 Å². The smallest absolute Gasteiger partial charge is 0.285 e. The number of hydrogen-bond acceptors (Lipinski definition) is 3. The molecule has 4 rings (SSSR count). The molecule has 0 saturated carbocycles. The molecule has 0 N–H and O–H groups in total. The van der Waals surface area contributed by atoms with Crippen LogP contribution in [0.1, 0.15) is 17.0 Å². The van der Waals surface area contributed by atoms with Crippen LogP contribution in [0.15, 0.2) is 30.3 Å². The monoisotopic (exact) mass is 406 g/mol. The van der Waals surface area contributed by atoms with E-state index in [2.05, 4.69) is 10.1 Å². The summed E-state index contributed by atoms with van der Waals surface area (Å²) in [5.41, 5.74) is -0.505. The Balaban J connectivity index is 2.01. The van der Waals surface area contributed by atoms with Gasteiger partial charge in [0.05, 0.1) is 16.9 Å². The zero-order valence-corrected chi connectivity index (χ0v) is 14.0. The summed E-state index contributed by atoms with van der Waals surface area (Å²) in [6.07, 6.45) is -9.15. The fourth-order valence-corrected chi connectivity index (χ4v) is 3.33. The first-order chi connectivity index (χ1) is 12.6. The summed E-state index contributed by atoms with van der Waals surface area (Å²) < 4.78 is 81.4. The molecule has 1 aliphatic rings.